The quantitative estimate of drug-likeness (QED) is 0.801. The van der Waals surface area contributed by atoms with Crippen molar-refractivity contribution in [3.63, 3.8) is 0 Å². The zero-order valence-electron chi connectivity index (χ0n) is 12.4. The molecule has 1 saturated carbocycles. The van der Waals surface area contributed by atoms with E-state index in [4.69, 9.17) is 0 Å². The van der Waals surface area contributed by atoms with Crippen molar-refractivity contribution < 1.29 is 9.59 Å². The predicted molar refractivity (Wildman–Crippen MR) is 87.1 cm³/mol. The molecule has 0 aromatic heterocycles. The Hall–Kier alpha value is -1.36. The van der Waals surface area contributed by atoms with Gasteiger partial charge in [-0.25, -0.2) is 0 Å². The van der Waals surface area contributed by atoms with Crippen LogP contribution in [0.15, 0.2) is 22.7 Å². The van der Waals surface area contributed by atoms with Gasteiger partial charge in [-0.1, -0.05) is 35.7 Å². The molecule has 0 spiro atoms. The summed E-state index contributed by atoms with van der Waals surface area (Å²) in [6, 6.07) is 5.57. The minimum Gasteiger partial charge on any atom is -0.345 e. The van der Waals surface area contributed by atoms with Gasteiger partial charge in [-0.15, -0.1) is 0 Å². The fourth-order valence-corrected chi connectivity index (χ4v) is 2.92. The number of nitrogens with one attached hydrogen (secondary N) is 2. The molecule has 0 aliphatic heterocycles. The van der Waals surface area contributed by atoms with Gasteiger partial charge in [-0.2, -0.15) is 0 Å². The van der Waals surface area contributed by atoms with Crippen molar-refractivity contribution in [3.05, 3.63) is 28.2 Å². The second kappa shape index (κ2) is 7.07. The Morgan fingerprint density at radius 2 is 1.90 bits per heavy atom. The van der Waals surface area contributed by atoms with Crippen LogP contribution in [0.25, 0.3) is 0 Å². The summed E-state index contributed by atoms with van der Waals surface area (Å²) >= 11 is 3.40. The van der Waals surface area contributed by atoms with Gasteiger partial charge in [-0.05, 0) is 49.4 Å². The molecule has 0 saturated heterocycles. The van der Waals surface area contributed by atoms with E-state index in [0.29, 0.717) is 11.6 Å². The van der Waals surface area contributed by atoms with E-state index in [1.807, 2.05) is 19.1 Å². The van der Waals surface area contributed by atoms with Gasteiger partial charge in [0.05, 0.1) is 0 Å². The fourth-order valence-electron chi connectivity index (χ4n) is 2.67. The Bertz CT molecular complexity index is 545. The van der Waals surface area contributed by atoms with Crippen molar-refractivity contribution >= 4 is 33.4 Å². The highest BCUT2D eigenvalue weighted by molar-refractivity contribution is 9.10. The lowest BCUT2D eigenvalue weighted by molar-refractivity contribution is -0.137. The Morgan fingerprint density at radius 1 is 1.19 bits per heavy atom. The summed E-state index contributed by atoms with van der Waals surface area (Å²) in [4.78, 5) is 23.9. The van der Waals surface area contributed by atoms with Crippen LogP contribution in [0, 0.1) is 12.8 Å². The molecule has 2 N–H and O–H groups in total. The van der Waals surface area contributed by atoms with Crippen molar-refractivity contribution in [1.29, 1.82) is 0 Å². The van der Waals surface area contributed by atoms with Crippen LogP contribution < -0.4 is 10.6 Å². The molecule has 1 aromatic rings. The molecular weight excluding hydrogens is 332 g/mol. The van der Waals surface area contributed by atoms with Crippen LogP contribution in [0.1, 0.15) is 38.2 Å². The standard InChI is InChI=1S/C16H21BrN2O2/c1-10-5-3-4-6-14(10)19-16(21)15(20)18-12-7-8-13(17)11(2)9-12/h7-10,14H,3-6H2,1-2H3,(H,18,20)(H,19,21)/t10-,14-/m1/s1. The minimum atomic E-state index is -0.602. The number of hydrogen-bond donors (Lipinski definition) is 2. The topological polar surface area (TPSA) is 58.2 Å². The Morgan fingerprint density at radius 3 is 2.57 bits per heavy atom. The zero-order chi connectivity index (χ0) is 15.4. The van der Waals surface area contributed by atoms with Gasteiger partial charge in [-0.3, -0.25) is 9.59 Å². The third-order valence-electron chi connectivity index (χ3n) is 4.05. The van der Waals surface area contributed by atoms with Crippen molar-refractivity contribution in [3.8, 4) is 0 Å². The van der Waals surface area contributed by atoms with E-state index in [9.17, 15) is 9.59 Å². The first-order chi connectivity index (χ1) is 9.97. The first-order valence-corrected chi connectivity index (χ1v) is 8.14. The fraction of sp³-hybridized carbons (Fsp3) is 0.500. The van der Waals surface area contributed by atoms with Gasteiger partial charge < -0.3 is 10.6 Å². The average Bonchev–Trinajstić information content (AvgIpc) is 2.45. The second-order valence-electron chi connectivity index (χ2n) is 5.76. The van der Waals surface area contributed by atoms with E-state index >= 15 is 0 Å². The first-order valence-electron chi connectivity index (χ1n) is 7.35. The number of hydrogen-bond acceptors (Lipinski definition) is 2. The van der Waals surface area contributed by atoms with Crippen LogP contribution >= 0.6 is 15.9 Å². The van der Waals surface area contributed by atoms with Gasteiger partial charge >= 0.3 is 11.8 Å². The maximum Gasteiger partial charge on any atom is 0.313 e. The molecule has 4 nitrogen and oxygen atoms in total. The molecule has 21 heavy (non-hydrogen) atoms. The van der Waals surface area contributed by atoms with Crippen molar-refractivity contribution in [1.82, 2.24) is 5.32 Å². The summed E-state index contributed by atoms with van der Waals surface area (Å²) in [6.45, 7) is 4.06. The normalized spacial score (nSPS) is 21.7. The van der Waals surface area contributed by atoms with Gasteiger partial charge in [0, 0.05) is 16.2 Å². The van der Waals surface area contributed by atoms with E-state index in [0.717, 1.165) is 29.3 Å². The van der Waals surface area contributed by atoms with Crippen LogP contribution in [0.4, 0.5) is 5.69 Å². The lowest BCUT2D eigenvalue weighted by Gasteiger charge is -2.29. The molecule has 114 valence electrons. The molecule has 2 amide bonds. The summed E-state index contributed by atoms with van der Waals surface area (Å²) in [6.07, 6.45) is 4.39. The Balaban J connectivity index is 1.93. The Labute approximate surface area is 133 Å². The summed E-state index contributed by atoms with van der Waals surface area (Å²) in [5, 5.41) is 5.50. The number of halogens is 1. The van der Waals surface area contributed by atoms with E-state index in [2.05, 4.69) is 33.5 Å². The number of rotatable bonds is 2. The number of anilines is 1. The lowest BCUT2D eigenvalue weighted by Crippen LogP contribution is -2.45. The lowest BCUT2D eigenvalue weighted by atomic mass is 9.86. The molecule has 0 bridgehead atoms. The third kappa shape index (κ3) is 4.30. The number of benzene rings is 1. The maximum atomic E-state index is 12.0. The van der Waals surface area contributed by atoms with Crippen molar-refractivity contribution in [2.45, 2.75) is 45.6 Å². The van der Waals surface area contributed by atoms with Crippen molar-refractivity contribution in [2.75, 3.05) is 5.32 Å². The molecule has 0 unspecified atom stereocenters. The number of carbonyl (C=O) groups excluding carboxylic acids is 2. The Kier molecular flexibility index (Phi) is 5.39. The molecule has 0 heterocycles. The smallest absolute Gasteiger partial charge is 0.313 e. The molecule has 0 radical (unpaired) electrons. The van der Waals surface area contributed by atoms with Crippen LogP contribution in [-0.4, -0.2) is 17.9 Å². The van der Waals surface area contributed by atoms with E-state index in [1.165, 1.54) is 6.42 Å². The summed E-state index contributed by atoms with van der Waals surface area (Å²) < 4.78 is 0.973. The van der Waals surface area contributed by atoms with Crippen LogP contribution in [-0.2, 0) is 9.59 Å². The average molecular weight is 353 g/mol. The van der Waals surface area contributed by atoms with Gasteiger partial charge in [0.2, 0.25) is 0 Å². The minimum absolute atomic E-state index is 0.114. The highest BCUT2D eigenvalue weighted by Crippen LogP contribution is 2.24. The van der Waals surface area contributed by atoms with Gasteiger partial charge in [0.25, 0.3) is 0 Å². The monoisotopic (exact) mass is 352 g/mol. The summed E-state index contributed by atoms with van der Waals surface area (Å²) in [7, 11) is 0. The summed E-state index contributed by atoms with van der Waals surface area (Å²) in [5.74, 6) is -0.714. The van der Waals surface area contributed by atoms with Crippen LogP contribution in [0.2, 0.25) is 0 Å². The van der Waals surface area contributed by atoms with Gasteiger partial charge in [0.1, 0.15) is 0 Å². The first kappa shape index (κ1) is 16.0. The second-order valence-corrected chi connectivity index (χ2v) is 6.61. The van der Waals surface area contributed by atoms with Crippen LogP contribution in [0.5, 0.6) is 0 Å². The van der Waals surface area contributed by atoms with E-state index in [-0.39, 0.29) is 6.04 Å². The maximum absolute atomic E-state index is 12.0. The third-order valence-corrected chi connectivity index (χ3v) is 4.94. The highest BCUT2D eigenvalue weighted by Gasteiger charge is 2.25. The molecule has 1 aliphatic rings. The van der Waals surface area contributed by atoms with Gasteiger partial charge in [0.15, 0.2) is 0 Å². The molecule has 2 atom stereocenters. The number of carbonyl (C=O) groups is 2. The highest BCUT2D eigenvalue weighted by atomic mass is 79.9. The van der Waals surface area contributed by atoms with Crippen LogP contribution in [0.3, 0.4) is 0 Å². The van der Waals surface area contributed by atoms with Crippen molar-refractivity contribution in [2.24, 2.45) is 5.92 Å². The molecule has 1 aromatic carbocycles. The molecule has 2 rings (SSSR count). The zero-order valence-corrected chi connectivity index (χ0v) is 14.0. The number of amides is 2. The largest absolute Gasteiger partial charge is 0.345 e. The van der Waals surface area contributed by atoms with E-state index in [1.54, 1.807) is 6.07 Å². The SMILES string of the molecule is Cc1cc(NC(=O)C(=O)N[C@@H]2CCCC[C@H]2C)ccc1Br. The summed E-state index contributed by atoms with van der Waals surface area (Å²) in [5.41, 5.74) is 1.64. The predicted octanol–water partition coefficient (Wildman–Crippen LogP) is 3.39. The molecular formula is C16H21BrN2O2. The number of aryl methyl sites for hydroxylation is 1. The van der Waals surface area contributed by atoms with E-state index < -0.39 is 11.8 Å². The molecule has 5 heteroatoms. The molecule has 1 fully saturated rings. The molecule has 1 aliphatic carbocycles.